The number of rotatable bonds is 12. The number of carboxylic acids is 1. The van der Waals surface area contributed by atoms with Gasteiger partial charge < -0.3 is 24.3 Å². The first-order valence-corrected chi connectivity index (χ1v) is 13.7. The average Bonchev–Trinajstić information content (AvgIpc) is 2.95. The molecule has 0 saturated carbocycles. The Morgan fingerprint density at radius 2 is 1.76 bits per heavy atom. The van der Waals surface area contributed by atoms with Crippen LogP contribution in [0.1, 0.15) is 42.5 Å². The molecule has 3 aromatic carbocycles. The van der Waals surface area contributed by atoms with Crippen LogP contribution in [-0.2, 0) is 26.2 Å². The molecule has 0 bridgehead atoms. The summed E-state index contributed by atoms with van der Waals surface area (Å²) in [6.45, 7) is 4.79. The third kappa shape index (κ3) is 8.03. The second kappa shape index (κ2) is 13.3. The normalized spacial score (nSPS) is 15.6. The van der Waals surface area contributed by atoms with E-state index in [9.17, 15) is 23.1 Å². The van der Waals surface area contributed by atoms with E-state index in [0.29, 0.717) is 24.5 Å². The molecular weight excluding hydrogens is 549 g/mol. The number of hydrogen-bond acceptors (Lipinski definition) is 6. The summed E-state index contributed by atoms with van der Waals surface area (Å²) >= 11 is 0. The van der Waals surface area contributed by atoms with E-state index in [0.717, 1.165) is 35.5 Å². The lowest BCUT2D eigenvalue weighted by Gasteiger charge is -2.40. The minimum Gasteiger partial charge on any atom is -0.492 e. The van der Waals surface area contributed by atoms with Crippen molar-refractivity contribution in [1.29, 1.82) is 0 Å². The summed E-state index contributed by atoms with van der Waals surface area (Å²) < 4.78 is 47.8. The highest BCUT2D eigenvalue weighted by Crippen LogP contribution is 2.40. The maximum absolute atomic E-state index is 12.4. The Morgan fingerprint density at radius 1 is 1.05 bits per heavy atom. The first kappa shape index (κ1) is 30.9. The fourth-order valence-corrected chi connectivity index (χ4v) is 4.98. The van der Waals surface area contributed by atoms with E-state index < -0.39 is 24.9 Å². The molecule has 1 aliphatic rings. The molecule has 4 rings (SSSR count). The fourth-order valence-electron chi connectivity index (χ4n) is 4.98. The molecule has 224 valence electrons. The topological polar surface area (TPSA) is 80.6 Å². The van der Waals surface area contributed by atoms with Gasteiger partial charge in [0.2, 0.25) is 0 Å². The number of hydrogen-bond donors (Lipinski definition) is 1. The third-order valence-corrected chi connectivity index (χ3v) is 7.27. The van der Waals surface area contributed by atoms with Crippen molar-refractivity contribution >= 4 is 17.4 Å². The Balaban J connectivity index is 1.40. The molecule has 1 heterocycles. The summed E-state index contributed by atoms with van der Waals surface area (Å²) in [5.41, 5.74) is 5.56. The van der Waals surface area contributed by atoms with Gasteiger partial charge in [-0.15, -0.1) is 0 Å². The molecule has 0 aliphatic carbocycles. The molecule has 1 atom stereocenters. The van der Waals surface area contributed by atoms with Crippen LogP contribution in [-0.4, -0.2) is 62.5 Å². The van der Waals surface area contributed by atoms with Crippen molar-refractivity contribution in [2.75, 3.05) is 38.3 Å². The number of alkyl halides is 3. The van der Waals surface area contributed by atoms with Crippen molar-refractivity contribution in [1.82, 2.24) is 0 Å². The Hall–Kier alpha value is -4.05. The number of halogens is 3. The van der Waals surface area contributed by atoms with Gasteiger partial charge in [0.05, 0.1) is 6.54 Å². The predicted molar refractivity (Wildman–Crippen MR) is 154 cm³/mol. The van der Waals surface area contributed by atoms with Crippen LogP contribution in [0.25, 0.3) is 0 Å². The smallest absolute Gasteiger partial charge is 0.411 e. The van der Waals surface area contributed by atoms with Gasteiger partial charge in [-0.1, -0.05) is 67.5 Å². The Morgan fingerprint density at radius 3 is 2.40 bits per heavy atom. The molecule has 0 aromatic heterocycles. The zero-order valence-electron chi connectivity index (χ0n) is 23.9. The monoisotopic (exact) mass is 584 g/mol. The van der Waals surface area contributed by atoms with E-state index in [1.807, 2.05) is 30.3 Å². The highest BCUT2D eigenvalue weighted by atomic mass is 19.4. The molecule has 7 nitrogen and oxygen atoms in total. The van der Waals surface area contributed by atoms with E-state index >= 15 is 0 Å². The fraction of sp³-hybridized carbons (Fsp3) is 0.375. The van der Waals surface area contributed by atoms with Gasteiger partial charge in [0, 0.05) is 29.8 Å². The summed E-state index contributed by atoms with van der Waals surface area (Å²) in [5.74, 6) is -0.864. The number of aliphatic carboxylic acids is 1. The van der Waals surface area contributed by atoms with Crippen molar-refractivity contribution in [2.24, 2.45) is 5.16 Å². The van der Waals surface area contributed by atoms with E-state index in [4.69, 9.17) is 9.57 Å². The molecule has 3 aromatic rings. The third-order valence-electron chi connectivity index (χ3n) is 7.27. The molecule has 0 spiro atoms. The second-order valence-corrected chi connectivity index (χ2v) is 10.8. The number of carboxylic acid groups (broad SMARTS) is 1. The lowest BCUT2D eigenvalue weighted by atomic mass is 9.76. The SMILES string of the molecule is CO/N=C(\c1ccccc1)c1ccc2c(c1)C(C)(C)CCN2CCOc1ccc(CC(OCC(F)(F)F)C(=O)O)cc1. The van der Waals surface area contributed by atoms with Gasteiger partial charge in [0.25, 0.3) is 0 Å². The molecular formula is C32H35F3N2O5. The van der Waals surface area contributed by atoms with Crippen molar-refractivity contribution in [3.8, 4) is 5.75 Å². The zero-order valence-corrected chi connectivity index (χ0v) is 23.9. The molecule has 0 saturated heterocycles. The molecule has 1 unspecified atom stereocenters. The van der Waals surface area contributed by atoms with Gasteiger partial charge in [-0.25, -0.2) is 4.79 Å². The van der Waals surface area contributed by atoms with Crippen LogP contribution in [0.5, 0.6) is 5.75 Å². The number of carbonyl (C=O) groups is 1. The summed E-state index contributed by atoms with van der Waals surface area (Å²) in [7, 11) is 1.54. The minimum absolute atomic E-state index is 0.0367. The minimum atomic E-state index is -4.60. The van der Waals surface area contributed by atoms with Gasteiger partial charge in [-0.3, -0.25) is 0 Å². The number of oxime groups is 1. The molecule has 0 fully saturated rings. The van der Waals surface area contributed by atoms with Gasteiger partial charge in [0.1, 0.15) is 31.8 Å². The quantitative estimate of drug-likeness (QED) is 0.201. The molecule has 10 heteroatoms. The highest BCUT2D eigenvalue weighted by Gasteiger charge is 2.33. The van der Waals surface area contributed by atoms with E-state index in [1.54, 1.807) is 31.4 Å². The van der Waals surface area contributed by atoms with Gasteiger partial charge >= 0.3 is 12.1 Å². The Bertz CT molecular complexity index is 1380. The first-order chi connectivity index (χ1) is 20.0. The Kier molecular flexibility index (Phi) is 9.78. The highest BCUT2D eigenvalue weighted by molar-refractivity contribution is 6.13. The van der Waals surface area contributed by atoms with Crippen molar-refractivity contribution in [3.05, 3.63) is 95.1 Å². The number of fused-ring (bicyclic) bond motifs is 1. The predicted octanol–water partition coefficient (Wildman–Crippen LogP) is 6.23. The van der Waals surface area contributed by atoms with Crippen molar-refractivity contribution in [3.63, 3.8) is 0 Å². The van der Waals surface area contributed by atoms with Crippen LogP contribution in [0, 0.1) is 0 Å². The number of anilines is 1. The number of ether oxygens (including phenoxy) is 2. The summed E-state index contributed by atoms with van der Waals surface area (Å²) in [5, 5.41) is 13.5. The molecule has 42 heavy (non-hydrogen) atoms. The number of nitrogens with zero attached hydrogens (tertiary/aromatic N) is 2. The van der Waals surface area contributed by atoms with Crippen LogP contribution in [0.2, 0.25) is 0 Å². The van der Waals surface area contributed by atoms with Crippen molar-refractivity contribution in [2.45, 2.75) is 44.4 Å². The Labute approximate surface area is 243 Å². The lowest BCUT2D eigenvalue weighted by molar-refractivity contribution is -0.192. The molecule has 1 N–H and O–H groups in total. The lowest BCUT2D eigenvalue weighted by Crippen LogP contribution is -2.39. The van der Waals surface area contributed by atoms with Crippen LogP contribution in [0.4, 0.5) is 18.9 Å². The largest absolute Gasteiger partial charge is 0.492 e. The molecule has 0 amide bonds. The van der Waals surface area contributed by atoms with Gasteiger partial charge in [0.15, 0.2) is 6.10 Å². The van der Waals surface area contributed by atoms with Gasteiger partial charge in [-0.2, -0.15) is 13.2 Å². The molecule has 1 aliphatic heterocycles. The average molecular weight is 585 g/mol. The summed E-state index contributed by atoms with van der Waals surface area (Å²) in [6, 6.07) is 22.9. The second-order valence-electron chi connectivity index (χ2n) is 10.8. The van der Waals surface area contributed by atoms with Crippen LogP contribution in [0.15, 0.2) is 78.0 Å². The van der Waals surface area contributed by atoms with Crippen LogP contribution in [0.3, 0.4) is 0 Å². The maximum Gasteiger partial charge on any atom is 0.411 e. The van der Waals surface area contributed by atoms with Crippen LogP contribution < -0.4 is 9.64 Å². The summed E-state index contributed by atoms with van der Waals surface area (Å²) in [4.78, 5) is 18.8. The van der Waals surface area contributed by atoms with E-state index in [-0.39, 0.29) is 11.8 Å². The van der Waals surface area contributed by atoms with E-state index in [1.165, 1.54) is 5.56 Å². The number of benzene rings is 3. The van der Waals surface area contributed by atoms with Crippen molar-refractivity contribution < 1.29 is 37.4 Å². The van der Waals surface area contributed by atoms with E-state index in [2.05, 4.69) is 46.8 Å². The van der Waals surface area contributed by atoms with Crippen LogP contribution >= 0.6 is 0 Å². The van der Waals surface area contributed by atoms with Gasteiger partial charge in [-0.05, 0) is 47.2 Å². The maximum atomic E-state index is 12.4. The first-order valence-electron chi connectivity index (χ1n) is 13.7. The summed E-state index contributed by atoms with van der Waals surface area (Å²) in [6.07, 6.45) is -5.41. The standard InChI is InChI=1S/C32H35F3N2O5/c1-31(2)15-16-37(27-14-11-24(20-26(27)31)29(36-40-3)23-7-5-4-6-8-23)17-18-41-25-12-9-22(10-13-25)19-28(30(38)39)42-21-32(33,34)35/h4-14,20,28H,15-19,21H2,1-3H3,(H,38,39)/b36-29+. The molecule has 0 radical (unpaired) electrons. The zero-order chi connectivity index (χ0) is 30.3.